The van der Waals surface area contributed by atoms with E-state index in [4.69, 9.17) is 40.6 Å². The highest BCUT2D eigenvalue weighted by Gasteiger charge is 2.32. The number of carbonyl (C=O) groups is 2. The number of ketones is 2. The van der Waals surface area contributed by atoms with Crippen LogP contribution in [0.4, 0.5) is 8.78 Å². The zero-order valence-electron chi connectivity index (χ0n) is 44.1. The molecule has 2 atom stereocenters. The van der Waals surface area contributed by atoms with Gasteiger partial charge in [-0.05, 0) is 200 Å². The molecule has 0 unspecified atom stereocenters. The Bertz CT molecular complexity index is 2760. The lowest BCUT2D eigenvalue weighted by Crippen LogP contribution is -2.31. The molecule has 16 heteroatoms. The van der Waals surface area contributed by atoms with E-state index in [1.54, 1.807) is 86.6 Å². The molecule has 2 fully saturated rings. The van der Waals surface area contributed by atoms with Crippen LogP contribution in [-0.4, -0.2) is 80.6 Å². The number of pyridine rings is 2. The van der Waals surface area contributed by atoms with Gasteiger partial charge in [-0.25, -0.2) is 18.7 Å². The molecule has 8 rings (SSSR count). The largest absolute Gasteiger partial charge is 0.487 e. The molecular weight excluding hydrogens is 975 g/mol. The Kier molecular flexibility index (Phi) is 18.1. The lowest BCUT2D eigenvalue weighted by molar-refractivity contribution is 0.0395. The smallest absolute Gasteiger partial charge is 0.163 e. The van der Waals surface area contributed by atoms with Crippen LogP contribution in [-0.2, 0) is 22.3 Å². The Morgan fingerprint density at radius 1 is 0.539 bits per heavy atom. The molecule has 4 aromatic carbocycles. The monoisotopic (exact) mass is 1040 g/mol. The average Bonchev–Trinajstić information content (AvgIpc) is 4.35. The standard InChI is InChI=1S/2C30H35FN2O5/c2*1-29(2,32)21-17-24(19-4-7-22(31)8-5-19)33-28(18-21)30(3,36)13-12-25(35)20-6-11-26(38-23-9-10-23)27(16-20)37-15-14-34/h2*4-8,11,16-18,23,34,36H,9-10,12-15,32H2,1-3H3/t2*30-/m10/s1. The highest BCUT2D eigenvalue weighted by molar-refractivity contribution is 5.97. The molecule has 0 amide bonds. The van der Waals surface area contributed by atoms with Gasteiger partial charge in [0.05, 0.1) is 48.2 Å². The predicted octanol–water partition coefficient (Wildman–Crippen LogP) is 9.73. The SMILES string of the molecule is CC(C)(N)c1cc(-c2ccc(F)cc2)nc([C@@](C)(O)CCC(=O)c2ccc(OC3CC3)c(OCCO)c2)c1.CC(C)(N)c1cc(-c2ccc(F)cc2)nc([C@](C)(O)CCC(=O)c2ccc(OC3CC3)c(OCCO)c2)c1. The van der Waals surface area contributed by atoms with Crippen LogP contribution in [0.1, 0.15) is 136 Å². The summed E-state index contributed by atoms with van der Waals surface area (Å²) in [7, 11) is 0. The number of nitrogens with two attached hydrogens (primary N) is 2. The van der Waals surface area contributed by atoms with E-state index in [0.717, 1.165) is 36.8 Å². The zero-order chi connectivity index (χ0) is 55.0. The maximum atomic E-state index is 13.5. The van der Waals surface area contributed by atoms with Gasteiger partial charge >= 0.3 is 0 Å². The van der Waals surface area contributed by atoms with Gasteiger partial charge in [-0.15, -0.1) is 0 Å². The van der Waals surface area contributed by atoms with Crippen LogP contribution >= 0.6 is 0 Å². The molecule has 2 heterocycles. The Morgan fingerprint density at radius 2 is 0.895 bits per heavy atom. The normalized spacial score (nSPS) is 15.1. The minimum atomic E-state index is -1.43. The number of ether oxygens (including phenoxy) is 4. The molecule has 6 aromatic rings. The first-order valence-electron chi connectivity index (χ1n) is 25.7. The molecule has 0 saturated heterocycles. The predicted molar refractivity (Wildman–Crippen MR) is 285 cm³/mol. The third-order valence-electron chi connectivity index (χ3n) is 13.1. The van der Waals surface area contributed by atoms with Gasteiger partial charge in [0.1, 0.15) is 36.1 Å². The molecule has 14 nitrogen and oxygen atoms in total. The number of nitrogens with zero attached hydrogens (tertiary/aromatic N) is 2. The lowest BCUT2D eigenvalue weighted by atomic mass is 9.88. The van der Waals surface area contributed by atoms with Gasteiger partial charge in [-0.2, -0.15) is 0 Å². The minimum Gasteiger partial charge on any atom is -0.487 e. The minimum absolute atomic E-state index is 0.0546. The first kappa shape index (κ1) is 57.1. The summed E-state index contributed by atoms with van der Waals surface area (Å²) in [6.07, 6.45) is 4.58. The molecule has 2 aliphatic rings. The van der Waals surface area contributed by atoms with Gasteiger partial charge in [0.15, 0.2) is 34.6 Å². The van der Waals surface area contributed by atoms with Crippen LogP contribution in [0.15, 0.2) is 109 Å². The third-order valence-corrected chi connectivity index (χ3v) is 13.1. The van der Waals surface area contributed by atoms with Gasteiger partial charge in [-0.3, -0.25) is 9.59 Å². The van der Waals surface area contributed by atoms with E-state index in [0.29, 0.717) is 68.0 Å². The number of aliphatic hydroxyl groups is 4. The molecule has 404 valence electrons. The summed E-state index contributed by atoms with van der Waals surface area (Å²) in [5.74, 6) is 0.849. The Hall–Kier alpha value is -6.66. The summed E-state index contributed by atoms with van der Waals surface area (Å²) in [6, 6.07) is 29.1. The highest BCUT2D eigenvalue weighted by Crippen LogP contribution is 2.38. The summed E-state index contributed by atoms with van der Waals surface area (Å²) in [4.78, 5) is 35.5. The van der Waals surface area contributed by atoms with Crippen molar-refractivity contribution in [1.29, 1.82) is 0 Å². The molecule has 2 saturated carbocycles. The zero-order valence-corrected chi connectivity index (χ0v) is 44.1. The van der Waals surface area contributed by atoms with Gasteiger partial charge < -0.3 is 50.8 Å². The van der Waals surface area contributed by atoms with Gasteiger partial charge in [0.2, 0.25) is 0 Å². The fourth-order valence-electron chi connectivity index (χ4n) is 7.98. The molecule has 76 heavy (non-hydrogen) atoms. The average molecular weight is 1050 g/mol. The summed E-state index contributed by atoms with van der Waals surface area (Å²) in [5.41, 5.74) is 14.0. The van der Waals surface area contributed by atoms with Crippen molar-refractivity contribution in [2.45, 2.75) is 127 Å². The fraction of sp³-hybridized carbons (Fsp3) is 0.400. The van der Waals surface area contributed by atoms with Gasteiger partial charge in [0, 0.05) is 46.2 Å². The second-order valence-corrected chi connectivity index (χ2v) is 21.2. The first-order valence-corrected chi connectivity index (χ1v) is 25.7. The maximum absolute atomic E-state index is 13.5. The van der Waals surface area contributed by atoms with Crippen LogP contribution < -0.4 is 30.4 Å². The molecule has 8 N–H and O–H groups in total. The van der Waals surface area contributed by atoms with Crippen molar-refractivity contribution in [2.24, 2.45) is 11.5 Å². The quantitative estimate of drug-likeness (QED) is 0.0310. The Morgan fingerprint density at radius 3 is 1.21 bits per heavy atom. The van der Waals surface area contributed by atoms with Crippen molar-refractivity contribution < 1.29 is 57.7 Å². The topological polar surface area (TPSA) is 230 Å². The lowest BCUT2D eigenvalue weighted by Gasteiger charge is -2.27. The molecule has 2 aromatic heterocycles. The summed E-state index contributed by atoms with van der Waals surface area (Å²) >= 11 is 0. The molecule has 2 aliphatic carbocycles. The number of aliphatic hydroxyl groups excluding tert-OH is 2. The Labute approximate surface area is 443 Å². The number of benzene rings is 4. The van der Waals surface area contributed by atoms with E-state index in [9.17, 15) is 28.6 Å². The van der Waals surface area contributed by atoms with Gasteiger partial charge in [-0.1, -0.05) is 0 Å². The highest BCUT2D eigenvalue weighted by atomic mass is 19.1. The van der Waals surface area contributed by atoms with E-state index in [-0.39, 0.29) is 87.5 Å². The van der Waals surface area contributed by atoms with Gasteiger partial charge in [0.25, 0.3) is 0 Å². The van der Waals surface area contributed by atoms with E-state index in [1.165, 1.54) is 24.3 Å². The van der Waals surface area contributed by atoms with E-state index < -0.39 is 22.3 Å². The maximum Gasteiger partial charge on any atom is 0.163 e. The second-order valence-electron chi connectivity index (χ2n) is 21.2. The van der Waals surface area contributed by atoms with Crippen LogP contribution in [0.25, 0.3) is 22.5 Å². The van der Waals surface area contributed by atoms with Crippen LogP contribution in [0.3, 0.4) is 0 Å². The number of rotatable bonds is 24. The molecular formula is C60H70F2N4O10. The number of halogens is 2. The van der Waals surface area contributed by atoms with Crippen molar-refractivity contribution in [1.82, 2.24) is 9.97 Å². The summed E-state index contributed by atoms with van der Waals surface area (Å²) in [6.45, 7) is 10.5. The Balaban J connectivity index is 0.000000221. The van der Waals surface area contributed by atoms with E-state index >= 15 is 0 Å². The summed E-state index contributed by atoms with van der Waals surface area (Å²) < 4.78 is 49.9. The third kappa shape index (κ3) is 15.7. The van der Waals surface area contributed by atoms with Crippen LogP contribution in [0.2, 0.25) is 0 Å². The molecule has 0 radical (unpaired) electrons. The number of carbonyl (C=O) groups excluding carboxylic acids is 2. The molecule has 0 aliphatic heterocycles. The second kappa shape index (κ2) is 24.1. The fourth-order valence-corrected chi connectivity index (χ4v) is 7.98. The van der Waals surface area contributed by atoms with Crippen molar-refractivity contribution in [3.63, 3.8) is 0 Å². The number of hydrogen-bond donors (Lipinski definition) is 6. The van der Waals surface area contributed by atoms with Crippen molar-refractivity contribution in [2.75, 3.05) is 26.4 Å². The van der Waals surface area contributed by atoms with Crippen molar-refractivity contribution in [3.8, 4) is 45.5 Å². The van der Waals surface area contributed by atoms with E-state index in [2.05, 4.69) is 9.97 Å². The number of hydrogen-bond acceptors (Lipinski definition) is 14. The van der Waals surface area contributed by atoms with Crippen LogP contribution in [0, 0.1) is 11.6 Å². The van der Waals surface area contributed by atoms with Crippen LogP contribution in [0.5, 0.6) is 23.0 Å². The molecule has 0 bridgehead atoms. The molecule has 0 spiro atoms. The number of Topliss-reactive ketones (excluding diaryl/α,β-unsaturated/α-hetero) is 2. The number of aromatic nitrogens is 2. The first-order chi connectivity index (χ1) is 35.9. The summed E-state index contributed by atoms with van der Waals surface area (Å²) in [5, 5.41) is 41.2. The van der Waals surface area contributed by atoms with E-state index in [1.807, 2.05) is 39.8 Å². The van der Waals surface area contributed by atoms with Crippen molar-refractivity contribution in [3.05, 3.63) is 154 Å². The van der Waals surface area contributed by atoms with Crippen molar-refractivity contribution >= 4 is 11.6 Å².